The molecule has 0 unspecified atom stereocenters. The SMILES string of the molecule is O=C(c1cc2ccccc2o1)N1CCC[C@@H](c2ncc(Cc3ccccc3Cl)o2)C1. The summed E-state index contributed by atoms with van der Waals surface area (Å²) in [4.78, 5) is 19.3. The molecule has 0 radical (unpaired) electrons. The molecule has 1 atom stereocenters. The van der Waals surface area contributed by atoms with Crippen LogP contribution in [0.15, 0.2) is 69.6 Å². The number of amides is 1. The molecule has 1 fully saturated rings. The Morgan fingerprint density at radius 1 is 1.13 bits per heavy atom. The molecule has 0 saturated carbocycles. The Balaban J connectivity index is 1.30. The molecule has 1 amide bonds. The first-order chi connectivity index (χ1) is 14.7. The number of furan rings is 1. The van der Waals surface area contributed by atoms with Crippen molar-refractivity contribution in [3.8, 4) is 0 Å². The zero-order valence-electron chi connectivity index (χ0n) is 16.4. The van der Waals surface area contributed by atoms with Crippen molar-refractivity contribution < 1.29 is 13.6 Å². The van der Waals surface area contributed by atoms with E-state index in [1.165, 1.54) is 0 Å². The largest absolute Gasteiger partial charge is 0.451 e. The number of benzene rings is 2. The maximum absolute atomic E-state index is 13.0. The number of fused-ring (bicyclic) bond motifs is 1. The molecule has 2 aromatic heterocycles. The molecule has 6 heteroatoms. The Hall–Kier alpha value is -3.05. The van der Waals surface area contributed by atoms with Crippen molar-refractivity contribution in [3.05, 3.63) is 88.8 Å². The molecule has 0 N–H and O–H groups in total. The van der Waals surface area contributed by atoms with Crippen LogP contribution in [0.25, 0.3) is 11.0 Å². The number of aromatic nitrogens is 1. The number of nitrogens with zero attached hydrogens (tertiary/aromatic N) is 2. The minimum absolute atomic E-state index is 0.0760. The van der Waals surface area contributed by atoms with E-state index in [9.17, 15) is 4.79 Å². The van der Waals surface area contributed by atoms with Gasteiger partial charge in [0, 0.05) is 29.9 Å². The van der Waals surface area contributed by atoms with Crippen molar-refractivity contribution in [2.45, 2.75) is 25.2 Å². The topological polar surface area (TPSA) is 59.5 Å². The lowest BCUT2D eigenvalue weighted by molar-refractivity contribution is 0.0668. The van der Waals surface area contributed by atoms with Crippen LogP contribution in [-0.2, 0) is 6.42 Å². The Kier molecular flexibility index (Phi) is 5.05. The van der Waals surface area contributed by atoms with E-state index in [-0.39, 0.29) is 11.8 Å². The normalized spacial score (nSPS) is 16.8. The zero-order chi connectivity index (χ0) is 20.5. The summed E-state index contributed by atoms with van der Waals surface area (Å²) in [6.45, 7) is 1.28. The van der Waals surface area contributed by atoms with Gasteiger partial charge in [-0.2, -0.15) is 0 Å². The second kappa shape index (κ2) is 8.00. The molecule has 5 nitrogen and oxygen atoms in total. The third-order valence-electron chi connectivity index (χ3n) is 5.59. The zero-order valence-corrected chi connectivity index (χ0v) is 17.1. The van der Waals surface area contributed by atoms with Crippen molar-refractivity contribution >= 4 is 28.5 Å². The van der Waals surface area contributed by atoms with Gasteiger partial charge in [-0.25, -0.2) is 4.98 Å². The summed E-state index contributed by atoms with van der Waals surface area (Å²) in [5, 5.41) is 1.65. The third-order valence-corrected chi connectivity index (χ3v) is 5.96. The van der Waals surface area contributed by atoms with Crippen molar-refractivity contribution in [3.63, 3.8) is 0 Å². The summed E-state index contributed by atoms with van der Waals surface area (Å²) in [6.07, 6.45) is 4.20. The Bertz CT molecular complexity index is 1160. The predicted octanol–water partition coefficient (Wildman–Crippen LogP) is 5.68. The molecular formula is C24H21ClN2O3. The van der Waals surface area contributed by atoms with Gasteiger partial charge in [-0.3, -0.25) is 4.79 Å². The van der Waals surface area contributed by atoms with E-state index in [2.05, 4.69) is 4.98 Å². The fourth-order valence-corrected chi connectivity index (χ4v) is 4.23. The van der Waals surface area contributed by atoms with Gasteiger partial charge in [-0.1, -0.05) is 48.0 Å². The van der Waals surface area contributed by atoms with E-state index in [1.54, 1.807) is 6.20 Å². The molecule has 2 aromatic carbocycles. The van der Waals surface area contributed by atoms with Crippen LogP contribution in [0, 0.1) is 0 Å². The standard InChI is InChI=1S/C24H21ClN2O3/c25-20-9-3-1-6-16(20)12-19-14-26-23(29-19)18-8-5-11-27(15-18)24(28)22-13-17-7-2-4-10-21(17)30-22/h1-4,6-7,9-10,13-14,18H,5,8,11-12,15H2/t18-/m1/s1. The van der Waals surface area contributed by atoms with Crippen LogP contribution < -0.4 is 0 Å². The molecule has 0 aliphatic carbocycles. The molecule has 1 saturated heterocycles. The molecule has 0 bridgehead atoms. The van der Waals surface area contributed by atoms with E-state index in [1.807, 2.05) is 59.5 Å². The van der Waals surface area contributed by atoms with Crippen LogP contribution in [0.5, 0.6) is 0 Å². The van der Waals surface area contributed by atoms with Gasteiger partial charge in [0.2, 0.25) is 0 Å². The van der Waals surface area contributed by atoms with Crippen molar-refractivity contribution in [1.82, 2.24) is 9.88 Å². The second-order valence-corrected chi connectivity index (χ2v) is 8.08. The highest BCUT2D eigenvalue weighted by atomic mass is 35.5. The van der Waals surface area contributed by atoms with Gasteiger partial charge in [-0.05, 0) is 36.6 Å². The molecule has 0 spiro atoms. The average Bonchev–Trinajstić information content (AvgIpc) is 3.42. The third kappa shape index (κ3) is 3.73. The van der Waals surface area contributed by atoms with Crippen LogP contribution in [0.4, 0.5) is 0 Å². The second-order valence-electron chi connectivity index (χ2n) is 7.67. The summed E-state index contributed by atoms with van der Waals surface area (Å²) < 4.78 is 11.8. The van der Waals surface area contributed by atoms with Crippen LogP contribution in [0.2, 0.25) is 5.02 Å². The number of likely N-dealkylation sites (tertiary alicyclic amines) is 1. The number of oxazole rings is 1. The van der Waals surface area contributed by atoms with Gasteiger partial charge in [0.1, 0.15) is 11.3 Å². The van der Waals surface area contributed by atoms with E-state index in [0.717, 1.165) is 40.2 Å². The van der Waals surface area contributed by atoms with Gasteiger partial charge < -0.3 is 13.7 Å². The Morgan fingerprint density at radius 3 is 2.83 bits per heavy atom. The summed E-state index contributed by atoms with van der Waals surface area (Å²) in [5.41, 5.74) is 1.73. The molecular weight excluding hydrogens is 400 g/mol. The van der Waals surface area contributed by atoms with Crippen molar-refractivity contribution in [1.29, 1.82) is 0 Å². The summed E-state index contributed by atoms with van der Waals surface area (Å²) in [6, 6.07) is 17.2. The number of carbonyl (C=O) groups is 1. The highest BCUT2D eigenvalue weighted by Crippen LogP contribution is 2.29. The lowest BCUT2D eigenvalue weighted by atomic mass is 9.98. The highest BCUT2D eigenvalue weighted by Gasteiger charge is 2.29. The number of piperidine rings is 1. The molecule has 1 aliphatic rings. The Morgan fingerprint density at radius 2 is 1.97 bits per heavy atom. The van der Waals surface area contributed by atoms with E-state index in [4.69, 9.17) is 20.4 Å². The minimum atomic E-state index is -0.0845. The number of rotatable bonds is 4. The van der Waals surface area contributed by atoms with Crippen molar-refractivity contribution in [2.24, 2.45) is 0 Å². The van der Waals surface area contributed by atoms with Crippen LogP contribution in [-0.4, -0.2) is 28.9 Å². The van der Waals surface area contributed by atoms with Gasteiger partial charge in [0.25, 0.3) is 5.91 Å². The minimum Gasteiger partial charge on any atom is -0.451 e. The first kappa shape index (κ1) is 18.9. The quantitative estimate of drug-likeness (QED) is 0.426. The summed E-state index contributed by atoms with van der Waals surface area (Å²) >= 11 is 6.26. The number of para-hydroxylation sites is 1. The molecule has 152 valence electrons. The van der Waals surface area contributed by atoms with Crippen LogP contribution in [0.1, 0.15) is 46.5 Å². The summed E-state index contributed by atoms with van der Waals surface area (Å²) in [5.74, 6) is 1.83. The fourth-order valence-electron chi connectivity index (χ4n) is 4.03. The Labute approximate surface area is 179 Å². The first-order valence-corrected chi connectivity index (χ1v) is 10.5. The molecule has 5 rings (SSSR count). The maximum atomic E-state index is 13.0. The maximum Gasteiger partial charge on any atom is 0.289 e. The highest BCUT2D eigenvalue weighted by molar-refractivity contribution is 6.31. The average molecular weight is 421 g/mol. The number of hydrogen-bond acceptors (Lipinski definition) is 4. The molecule has 3 heterocycles. The van der Waals surface area contributed by atoms with E-state index >= 15 is 0 Å². The van der Waals surface area contributed by atoms with Gasteiger partial charge >= 0.3 is 0 Å². The van der Waals surface area contributed by atoms with Gasteiger partial charge in [-0.15, -0.1) is 0 Å². The van der Waals surface area contributed by atoms with Gasteiger partial charge in [0.05, 0.1) is 12.1 Å². The van der Waals surface area contributed by atoms with Crippen LogP contribution in [0.3, 0.4) is 0 Å². The van der Waals surface area contributed by atoms with Crippen molar-refractivity contribution in [2.75, 3.05) is 13.1 Å². The molecule has 1 aliphatic heterocycles. The lowest BCUT2D eigenvalue weighted by Gasteiger charge is -2.30. The predicted molar refractivity (Wildman–Crippen MR) is 115 cm³/mol. The molecule has 30 heavy (non-hydrogen) atoms. The summed E-state index contributed by atoms with van der Waals surface area (Å²) in [7, 11) is 0. The first-order valence-electron chi connectivity index (χ1n) is 10.1. The van der Waals surface area contributed by atoms with E-state index < -0.39 is 0 Å². The number of halogens is 1. The number of carbonyl (C=O) groups excluding carboxylic acids is 1. The van der Waals surface area contributed by atoms with E-state index in [0.29, 0.717) is 31.2 Å². The smallest absolute Gasteiger partial charge is 0.289 e. The monoisotopic (exact) mass is 420 g/mol. The fraction of sp³-hybridized carbons (Fsp3) is 0.250. The van der Waals surface area contributed by atoms with Crippen LogP contribution >= 0.6 is 11.6 Å². The molecule has 4 aromatic rings. The number of hydrogen-bond donors (Lipinski definition) is 0. The van der Waals surface area contributed by atoms with Gasteiger partial charge in [0.15, 0.2) is 11.7 Å². The lowest BCUT2D eigenvalue weighted by Crippen LogP contribution is -2.39.